The van der Waals surface area contributed by atoms with Crippen LogP contribution in [0.5, 0.6) is 0 Å². The maximum absolute atomic E-state index is 5.92. The van der Waals surface area contributed by atoms with Crippen LogP contribution in [-0.4, -0.2) is 50.3 Å². The van der Waals surface area contributed by atoms with E-state index in [-0.39, 0.29) is 0 Å². The molecule has 2 saturated heterocycles. The van der Waals surface area contributed by atoms with Crippen molar-refractivity contribution in [1.29, 1.82) is 0 Å². The summed E-state index contributed by atoms with van der Waals surface area (Å²) in [7, 11) is 0. The number of nitrogens with two attached hydrogens (primary N) is 1. The van der Waals surface area contributed by atoms with Crippen LogP contribution < -0.4 is 10.6 Å². The molecule has 2 aliphatic heterocycles. The van der Waals surface area contributed by atoms with Crippen molar-refractivity contribution in [2.45, 2.75) is 19.4 Å². The second-order valence-corrected chi connectivity index (χ2v) is 5.58. The summed E-state index contributed by atoms with van der Waals surface area (Å²) in [6.45, 7) is 8.33. The van der Waals surface area contributed by atoms with Crippen molar-refractivity contribution in [3.63, 3.8) is 0 Å². The van der Waals surface area contributed by atoms with Gasteiger partial charge in [-0.05, 0) is 31.0 Å². The predicted octanol–water partition coefficient (Wildman–Crippen LogP) is 1.49. The normalized spacial score (nSPS) is 24.9. The zero-order chi connectivity index (χ0) is 13.2. The first kappa shape index (κ1) is 12.8. The molecule has 0 aromatic heterocycles. The number of nitrogens with zero attached hydrogens (tertiary/aromatic N) is 2. The average molecular weight is 261 g/mol. The van der Waals surface area contributed by atoms with Crippen molar-refractivity contribution in [3.05, 3.63) is 23.8 Å². The van der Waals surface area contributed by atoms with E-state index in [4.69, 9.17) is 10.5 Å². The molecule has 4 heteroatoms. The summed E-state index contributed by atoms with van der Waals surface area (Å²) in [5.41, 5.74) is 9.39. The third-order valence-electron chi connectivity index (χ3n) is 4.30. The van der Waals surface area contributed by atoms with Gasteiger partial charge in [-0.2, -0.15) is 0 Å². The monoisotopic (exact) mass is 261 g/mol. The number of nitrogen functional groups attached to an aromatic ring is 1. The minimum absolute atomic E-state index is 0.671. The van der Waals surface area contributed by atoms with Gasteiger partial charge in [-0.25, -0.2) is 0 Å². The van der Waals surface area contributed by atoms with Crippen molar-refractivity contribution >= 4 is 11.4 Å². The van der Waals surface area contributed by atoms with Gasteiger partial charge >= 0.3 is 0 Å². The van der Waals surface area contributed by atoms with Crippen LogP contribution >= 0.6 is 0 Å². The first-order chi connectivity index (χ1) is 9.24. The van der Waals surface area contributed by atoms with E-state index in [1.54, 1.807) is 0 Å². The molecule has 1 aromatic rings. The van der Waals surface area contributed by atoms with E-state index in [0.717, 1.165) is 45.1 Å². The zero-order valence-corrected chi connectivity index (χ0v) is 11.6. The first-order valence-corrected chi connectivity index (χ1v) is 7.17. The molecule has 4 nitrogen and oxygen atoms in total. The Morgan fingerprint density at radius 2 is 2.00 bits per heavy atom. The topological polar surface area (TPSA) is 41.7 Å². The van der Waals surface area contributed by atoms with Crippen molar-refractivity contribution in [1.82, 2.24) is 4.90 Å². The van der Waals surface area contributed by atoms with Gasteiger partial charge in [0, 0.05) is 43.6 Å². The minimum atomic E-state index is 0.671. The number of ether oxygens (including phenoxy) is 1. The number of morpholine rings is 1. The van der Waals surface area contributed by atoms with Crippen molar-refractivity contribution in [3.8, 4) is 0 Å². The molecule has 0 amide bonds. The molecule has 2 aliphatic rings. The predicted molar refractivity (Wildman–Crippen MR) is 78.6 cm³/mol. The Balaban J connectivity index is 1.69. The standard InChI is InChI=1S/C15H23N3O/c1-12-2-3-13(16)10-15(12)18-5-4-14(11-18)17-6-8-19-9-7-17/h2-3,10,14H,4-9,11,16H2,1H3. The lowest BCUT2D eigenvalue weighted by Gasteiger charge is -2.32. The second-order valence-electron chi connectivity index (χ2n) is 5.58. The van der Waals surface area contributed by atoms with Crippen LogP contribution in [0.4, 0.5) is 11.4 Å². The van der Waals surface area contributed by atoms with Crippen molar-refractivity contribution in [2.24, 2.45) is 0 Å². The molecular weight excluding hydrogens is 238 g/mol. The van der Waals surface area contributed by atoms with E-state index in [9.17, 15) is 0 Å². The molecule has 19 heavy (non-hydrogen) atoms. The third-order valence-corrected chi connectivity index (χ3v) is 4.30. The van der Waals surface area contributed by atoms with Crippen LogP contribution in [-0.2, 0) is 4.74 Å². The van der Waals surface area contributed by atoms with Crippen LogP contribution in [0.3, 0.4) is 0 Å². The highest BCUT2D eigenvalue weighted by Gasteiger charge is 2.29. The van der Waals surface area contributed by atoms with E-state index in [1.165, 1.54) is 17.7 Å². The Morgan fingerprint density at radius 3 is 2.79 bits per heavy atom. The Morgan fingerprint density at radius 1 is 1.21 bits per heavy atom. The van der Waals surface area contributed by atoms with E-state index in [1.807, 2.05) is 6.07 Å². The van der Waals surface area contributed by atoms with Crippen molar-refractivity contribution < 1.29 is 4.74 Å². The van der Waals surface area contributed by atoms with Crippen LogP contribution in [0.25, 0.3) is 0 Å². The minimum Gasteiger partial charge on any atom is -0.399 e. The molecule has 3 rings (SSSR count). The van der Waals surface area contributed by atoms with E-state index >= 15 is 0 Å². The van der Waals surface area contributed by atoms with Crippen LogP contribution in [0.2, 0.25) is 0 Å². The van der Waals surface area contributed by atoms with Gasteiger partial charge in [0.15, 0.2) is 0 Å². The smallest absolute Gasteiger partial charge is 0.0594 e. The van der Waals surface area contributed by atoms with Gasteiger partial charge in [0.2, 0.25) is 0 Å². The highest BCUT2D eigenvalue weighted by atomic mass is 16.5. The number of hydrogen-bond donors (Lipinski definition) is 1. The van der Waals surface area contributed by atoms with Crippen LogP contribution in [0.1, 0.15) is 12.0 Å². The number of benzene rings is 1. The van der Waals surface area contributed by atoms with Gasteiger partial charge in [-0.1, -0.05) is 6.07 Å². The Labute approximate surface area is 115 Å². The molecule has 0 bridgehead atoms. The summed E-state index contributed by atoms with van der Waals surface area (Å²) in [4.78, 5) is 5.05. The second kappa shape index (κ2) is 5.39. The number of anilines is 2. The summed E-state index contributed by atoms with van der Waals surface area (Å²) >= 11 is 0. The molecule has 2 N–H and O–H groups in total. The van der Waals surface area contributed by atoms with Crippen LogP contribution in [0, 0.1) is 6.92 Å². The summed E-state index contributed by atoms with van der Waals surface area (Å²) < 4.78 is 5.43. The number of rotatable bonds is 2. The fourth-order valence-corrected chi connectivity index (χ4v) is 3.17. The number of hydrogen-bond acceptors (Lipinski definition) is 4. The largest absolute Gasteiger partial charge is 0.399 e. The van der Waals surface area contributed by atoms with E-state index in [2.05, 4.69) is 28.9 Å². The molecule has 1 atom stereocenters. The lowest BCUT2D eigenvalue weighted by Crippen LogP contribution is -2.44. The molecule has 0 aliphatic carbocycles. The SMILES string of the molecule is Cc1ccc(N)cc1N1CCC(N2CCOCC2)C1. The summed E-state index contributed by atoms with van der Waals surface area (Å²) in [6.07, 6.45) is 1.24. The van der Waals surface area contributed by atoms with Crippen molar-refractivity contribution in [2.75, 3.05) is 50.0 Å². The molecule has 2 heterocycles. The Hall–Kier alpha value is -1.26. The number of aryl methyl sites for hydroxylation is 1. The quantitative estimate of drug-likeness (QED) is 0.819. The lowest BCUT2D eigenvalue weighted by atomic mass is 10.1. The van der Waals surface area contributed by atoms with Gasteiger partial charge in [0.05, 0.1) is 13.2 Å². The average Bonchev–Trinajstić information content (AvgIpc) is 2.92. The Bertz CT molecular complexity index is 443. The molecule has 1 unspecified atom stereocenters. The summed E-state index contributed by atoms with van der Waals surface area (Å²) in [5.74, 6) is 0. The van der Waals surface area contributed by atoms with Gasteiger partial charge in [0.1, 0.15) is 0 Å². The lowest BCUT2D eigenvalue weighted by molar-refractivity contribution is 0.0209. The molecule has 0 radical (unpaired) electrons. The van der Waals surface area contributed by atoms with Gasteiger partial charge in [0.25, 0.3) is 0 Å². The fraction of sp³-hybridized carbons (Fsp3) is 0.600. The Kier molecular flexibility index (Phi) is 3.62. The molecule has 0 spiro atoms. The highest BCUT2D eigenvalue weighted by Crippen LogP contribution is 2.28. The van der Waals surface area contributed by atoms with Crippen LogP contribution in [0.15, 0.2) is 18.2 Å². The van der Waals surface area contributed by atoms with E-state index < -0.39 is 0 Å². The molecule has 1 aromatic carbocycles. The maximum Gasteiger partial charge on any atom is 0.0594 e. The van der Waals surface area contributed by atoms with Gasteiger partial charge in [-0.15, -0.1) is 0 Å². The molecular formula is C15H23N3O. The zero-order valence-electron chi connectivity index (χ0n) is 11.6. The van der Waals surface area contributed by atoms with Gasteiger partial charge in [-0.3, -0.25) is 4.90 Å². The van der Waals surface area contributed by atoms with Gasteiger partial charge < -0.3 is 15.4 Å². The highest BCUT2D eigenvalue weighted by molar-refractivity contribution is 5.61. The summed E-state index contributed by atoms with van der Waals surface area (Å²) in [5, 5.41) is 0. The summed E-state index contributed by atoms with van der Waals surface area (Å²) in [6, 6.07) is 6.88. The molecule has 2 fully saturated rings. The molecule has 104 valence electrons. The first-order valence-electron chi connectivity index (χ1n) is 7.17. The molecule has 0 saturated carbocycles. The maximum atomic E-state index is 5.92. The third kappa shape index (κ3) is 2.69. The van der Waals surface area contributed by atoms with E-state index in [0.29, 0.717) is 6.04 Å². The fourth-order valence-electron chi connectivity index (χ4n) is 3.17.